The van der Waals surface area contributed by atoms with Crippen molar-refractivity contribution in [2.24, 2.45) is 0 Å². The number of H-pyrrole nitrogens is 1. The highest BCUT2D eigenvalue weighted by Crippen LogP contribution is 2.42. The van der Waals surface area contributed by atoms with Gasteiger partial charge in [-0.1, -0.05) is 30.3 Å². The van der Waals surface area contributed by atoms with Crippen LogP contribution >= 0.6 is 11.3 Å². The Balaban J connectivity index is 1.55. The molecule has 162 valence electrons. The lowest BCUT2D eigenvalue weighted by Crippen LogP contribution is -2.47. The topological polar surface area (TPSA) is 100 Å². The molecule has 9 heteroatoms. The normalized spacial score (nSPS) is 15.6. The van der Waals surface area contributed by atoms with Gasteiger partial charge < -0.3 is 10.2 Å². The van der Waals surface area contributed by atoms with Crippen LogP contribution in [0.5, 0.6) is 0 Å². The number of benzene rings is 1. The largest absolute Gasteiger partial charge is 0.365 e. The lowest BCUT2D eigenvalue weighted by atomic mass is 9.70. The Morgan fingerprint density at radius 3 is 2.58 bits per heavy atom. The van der Waals surface area contributed by atoms with Gasteiger partial charge in [-0.15, -0.1) is 11.3 Å². The Labute approximate surface area is 183 Å². The van der Waals surface area contributed by atoms with Crippen LogP contribution < -0.4 is 16.6 Å². The Morgan fingerprint density at radius 2 is 1.94 bits per heavy atom. The van der Waals surface area contributed by atoms with Crippen LogP contribution in [0.15, 0.2) is 51.5 Å². The highest BCUT2D eigenvalue weighted by molar-refractivity contribution is 7.13. The van der Waals surface area contributed by atoms with Crippen LogP contribution in [0, 0.1) is 6.92 Å². The smallest absolute Gasteiger partial charge is 0.328 e. The van der Waals surface area contributed by atoms with Crippen molar-refractivity contribution in [3.8, 4) is 0 Å². The van der Waals surface area contributed by atoms with Crippen molar-refractivity contribution in [1.29, 1.82) is 0 Å². The summed E-state index contributed by atoms with van der Waals surface area (Å²) >= 11 is 1.58. The van der Waals surface area contributed by atoms with Gasteiger partial charge in [0.15, 0.2) is 5.13 Å². The van der Waals surface area contributed by atoms with Crippen LogP contribution in [0.25, 0.3) is 0 Å². The molecule has 4 rings (SSSR count). The number of rotatable bonds is 5. The van der Waals surface area contributed by atoms with Crippen molar-refractivity contribution in [1.82, 2.24) is 19.4 Å². The highest BCUT2D eigenvalue weighted by atomic mass is 32.1. The fourth-order valence-electron chi connectivity index (χ4n) is 4.18. The Hall–Kier alpha value is -3.20. The van der Waals surface area contributed by atoms with Gasteiger partial charge in [-0.3, -0.25) is 19.1 Å². The van der Waals surface area contributed by atoms with E-state index in [2.05, 4.69) is 27.8 Å². The van der Waals surface area contributed by atoms with E-state index in [1.807, 2.05) is 25.2 Å². The molecule has 0 bridgehead atoms. The maximum Gasteiger partial charge on any atom is 0.328 e. The molecule has 1 aliphatic heterocycles. The number of nitrogens with one attached hydrogen (secondary N) is 2. The van der Waals surface area contributed by atoms with Crippen LogP contribution in [-0.2, 0) is 16.8 Å². The monoisotopic (exact) mass is 439 g/mol. The summed E-state index contributed by atoms with van der Waals surface area (Å²) in [6, 6.07) is 10.3. The molecule has 1 fully saturated rings. The average molecular weight is 440 g/mol. The third kappa shape index (κ3) is 4.05. The third-order valence-electron chi connectivity index (χ3n) is 6.00. The molecular weight excluding hydrogens is 414 g/mol. The molecule has 1 aliphatic rings. The molecule has 31 heavy (non-hydrogen) atoms. The van der Waals surface area contributed by atoms with Crippen molar-refractivity contribution in [3.05, 3.63) is 79.6 Å². The molecule has 1 amide bonds. The first-order valence-electron chi connectivity index (χ1n) is 10.2. The SMILES string of the molecule is CNc1nc(C2(c3ccccc3)CCN(C(=O)Cn3cc(C)c(=O)[nH]c3=O)CC2)cs1. The highest BCUT2D eigenvalue weighted by Gasteiger charge is 2.40. The van der Waals surface area contributed by atoms with Gasteiger partial charge in [0.25, 0.3) is 5.56 Å². The minimum Gasteiger partial charge on any atom is -0.365 e. The molecule has 0 saturated carbocycles. The van der Waals surface area contributed by atoms with Gasteiger partial charge in [0.2, 0.25) is 5.91 Å². The van der Waals surface area contributed by atoms with E-state index in [1.165, 1.54) is 16.3 Å². The summed E-state index contributed by atoms with van der Waals surface area (Å²) in [7, 11) is 1.86. The Bertz CT molecular complexity index is 1190. The standard InChI is InChI=1S/C22H25N5O3S/c1-15-12-27(21(30)25-19(15)29)13-18(28)26-10-8-22(9-11-26,16-6-4-3-5-7-16)17-14-31-20(23-2)24-17/h3-7,12,14H,8-11,13H2,1-2H3,(H,23,24)(H,25,29,30). The van der Waals surface area contributed by atoms with Gasteiger partial charge in [0, 0.05) is 42.7 Å². The second-order valence-corrected chi connectivity index (χ2v) is 8.67. The molecule has 0 aliphatic carbocycles. The third-order valence-corrected chi connectivity index (χ3v) is 6.86. The molecule has 8 nitrogen and oxygen atoms in total. The zero-order valence-electron chi connectivity index (χ0n) is 17.6. The molecule has 0 unspecified atom stereocenters. The van der Waals surface area contributed by atoms with E-state index in [4.69, 9.17) is 4.98 Å². The minimum absolute atomic E-state index is 0.0879. The lowest BCUT2D eigenvalue weighted by molar-refractivity contribution is -0.133. The number of aromatic amines is 1. The summed E-state index contributed by atoms with van der Waals surface area (Å²) in [5.74, 6) is -0.135. The number of hydrogen-bond acceptors (Lipinski definition) is 6. The zero-order chi connectivity index (χ0) is 22.0. The van der Waals surface area contributed by atoms with Crippen LogP contribution in [-0.4, -0.2) is 45.5 Å². The van der Waals surface area contributed by atoms with E-state index in [0.717, 1.165) is 23.7 Å². The molecule has 3 heterocycles. The number of carbonyl (C=O) groups excluding carboxylic acids is 1. The molecule has 2 N–H and O–H groups in total. The number of anilines is 1. The van der Waals surface area contributed by atoms with Crippen molar-refractivity contribution in [3.63, 3.8) is 0 Å². The first kappa shape index (κ1) is 21.0. The van der Waals surface area contributed by atoms with Crippen LogP contribution in [0.1, 0.15) is 29.7 Å². The number of aryl methyl sites for hydroxylation is 1. The van der Waals surface area contributed by atoms with Gasteiger partial charge in [0.1, 0.15) is 6.54 Å². The van der Waals surface area contributed by atoms with Crippen LogP contribution in [0.3, 0.4) is 0 Å². The molecule has 0 atom stereocenters. The van der Waals surface area contributed by atoms with Gasteiger partial charge in [-0.25, -0.2) is 9.78 Å². The lowest BCUT2D eigenvalue weighted by Gasteiger charge is -2.41. The van der Waals surface area contributed by atoms with E-state index in [9.17, 15) is 14.4 Å². The predicted molar refractivity (Wildman–Crippen MR) is 121 cm³/mol. The molecule has 3 aromatic rings. The van der Waals surface area contributed by atoms with E-state index >= 15 is 0 Å². The second-order valence-electron chi connectivity index (χ2n) is 7.82. The first-order chi connectivity index (χ1) is 14.9. The molecule has 2 aromatic heterocycles. The first-order valence-corrected chi connectivity index (χ1v) is 11.1. The van der Waals surface area contributed by atoms with Crippen molar-refractivity contribution in [2.75, 3.05) is 25.5 Å². The van der Waals surface area contributed by atoms with E-state index in [0.29, 0.717) is 18.7 Å². The predicted octanol–water partition coefficient (Wildman–Crippen LogP) is 1.95. The molecule has 1 saturated heterocycles. The maximum atomic E-state index is 12.9. The summed E-state index contributed by atoms with van der Waals surface area (Å²) in [5, 5.41) is 6.08. The summed E-state index contributed by atoms with van der Waals surface area (Å²) in [6.07, 6.45) is 2.93. The minimum atomic E-state index is -0.568. The summed E-state index contributed by atoms with van der Waals surface area (Å²) in [5.41, 5.74) is 1.37. The molecular formula is C22H25N5O3S. The number of likely N-dealkylation sites (tertiary alicyclic amines) is 1. The second kappa shape index (κ2) is 8.50. The van der Waals surface area contributed by atoms with Gasteiger partial charge in [-0.2, -0.15) is 0 Å². The fourth-order valence-corrected chi connectivity index (χ4v) is 4.95. The number of amides is 1. The molecule has 1 aromatic carbocycles. The van der Waals surface area contributed by atoms with Gasteiger partial charge in [0.05, 0.1) is 5.69 Å². The van der Waals surface area contributed by atoms with Crippen molar-refractivity contribution < 1.29 is 4.79 Å². The summed E-state index contributed by atoms with van der Waals surface area (Å²) in [4.78, 5) is 45.3. The van der Waals surface area contributed by atoms with E-state index in [-0.39, 0.29) is 17.9 Å². The number of carbonyl (C=O) groups is 1. The maximum absolute atomic E-state index is 12.9. The number of aromatic nitrogens is 3. The zero-order valence-corrected chi connectivity index (χ0v) is 18.4. The number of thiazole rings is 1. The molecule has 0 radical (unpaired) electrons. The van der Waals surface area contributed by atoms with Crippen LogP contribution in [0.4, 0.5) is 5.13 Å². The van der Waals surface area contributed by atoms with Crippen LogP contribution in [0.2, 0.25) is 0 Å². The molecule has 0 spiro atoms. The number of hydrogen-bond donors (Lipinski definition) is 2. The number of piperidine rings is 1. The Kier molecular flexibility index (Phi) is 5.77. The van der Waals surface area contributed by atoms with E-state index in [1.54, 1.807) is 23.2 Å². The quantitative estimate of drug-likeness (QED) is 0.633. The summed E-state index contributed by atoms with van der Waals surface area (Å²) < 4.78 is 1.26. The van der Waals surface area contributed by atoms with Gasteiger partial charge in [-0.05, 0) is 25.3 Å². The fraction of sp³-hybridized carbons (Fsp3) is 0.364. The summed E-state index contributed by atoms with van der Waals surface area (Å²) in [6.45, 7) is 2.66. The van der Waals surface area contributed by atoms with E-state index < -0.39 is 11.2 Å². The number of nitrogens with zero attached hydrogens (tertiary/aromatic N) is 3. The van der Waals surface area contributed by atoms with Crippen molar-refractivity contribution in [2.45, 2.75) is 31.7 Å². The Morgan fingerprint density at radius 1 is 1.23 bits per heavy atom. The van der Waals surface area contributed by atoms with Gasteiger partial charge >= 0.3 is 5.69 Å². The average Bonchev–Trinajstić information content (AvgIpc) is 3.28. The van der Waals surface area contributed by atoms with Crippen molar-refractivity contribution >= 4 is 22.4 Å².